The van der Waals surface area contributed by atoms with E-state index in [-0.39, 0.29) is 23.4 Å². The van der Waals surface area contributed by atoms with Crippen LogP contribution < -0.4 is 10.6 Å². The maximum absolute atomic E-state index is 12.5. The van der Waals surface area contributed by atoms with Gasteiger partial charge in [-0.3, -0.25) is 9.59 Å². The smallest absolute Gasteiger partial charge is 0.355 e. The zero-order chi connectivity index (χ0) is 20.0. The summed E-state index contributed by atoms with van der Waals surface area (Å²) in [7, 11) is 0. The van der Waals surface area contributed by atoms with E-state index in [1.807, 2.05) is 32.9 Å². The number of carboxylic acid groups (broad SMARTS) is 1. The molecule has 0 bridgehead atoms. The summed E-state index contributed by atoms with van der Waals surface area (Å²) in [4.78, 5) is 39.7. The summed E-state index contributed by atoms with van der Waals surface area (Å²) in [5, 5.41) is 16.5. The van der Waals surface area contributed by atoms with Crippen LogP contribution in [0.4, 0.5) is 0 Å². The summed E-state index contributed by atoms with van der Waals surface area (Å²) in [5.41, 5.74) is 1.56. The molecule has 1 aromatic heterocycles. The summed E-state index contributed by atoms with van der Waals surface area (Å²) >= 11 is 1.24. The van der Waals surface area contributed by atoms with Crippen molar-refractivity contribution < 1.29 is 19.5 Å². The number of amides is 2. The largest absolute Gasteiger partial charge is 0.476 e. The topological polar surface area (TPSA) is 108 Å². The van der Waals surface area contributed by atoms with Gasteiger partial charge in [-0.2, -0.15) is 0 Å². The molecule has 0 aliphatic carbocycles. The quantitative estimate of drug-likeness (QED) is 0.642. The molecule has 0 spiro atoms. The summed E-state index contributed by atoms with van der Waals surface area (Å²) in [6.07, 6.45) is 0.431. The molecule has 8 heteroatoms. The molecule has 3 N–H and O–H groups in total. The number of nitrogens with one attached hydrogen (secondary N) is 2. The molecule has 1 aromatic carbocycles. The summed E-state index contributed by atoms with van der Waals surface area (Å²) in [6.45, 7) is 5.97. The fourth-order valence-electron chi connectivity index (χ4n) is 2.39. The Morgan fingerprint density at radius 3 is 2.41 bits per heavy atom. The third kappa shape index (κ3) is 5.89. The number of nitrogens with zero attached hydrogens (tertiary/aromatic N) is 1. The molecule has 2 amide bonds. The number of aryl methyl sites for hydroxylation is 1. The molecule has 144 valence electrons. The number of carbonyl (C=O) groups is 3. The number of hydrogen-bond donors (Lipinski definition) is 3. The molecule has 0 saturated carbocycles. The number of rotatable bonds is 8. The van der Waals surface area contributed by atoms with Crippen molar-refractivity contribution in [2.24, 2.45) is 5.92 Å². The number of aromatic nitrogens is 1. The van der Waals surface area contributed by atoms with Gasteiger partial charge in [0.1, 0.15) is 6.04 Å². The van der Waals surface area contributed by atoms with E-state index < -0.39 is 12.0 Å². The number of hydrogen-bond acceptors (Lipinski definition) is 5. The van der Waals surface area contributed by atoms with Crippen LogP contribution in [0.5, 0.6) is 0 Å². The van der Waals surface area contributed by atoms with Crippen LogP contribution in [0.3, 0.4) is 0 Å². The second-order valence-corrected chi connectivity index (χ2v) is 7.48. The molecule has 0 aliphatic heterocycles. The first-order valence-electron chi connectivity index (χ1n) is 8.61. The standard InChI is InChI=1S/C19H23N3O4S/c1-11(2)16(22-17(23)13-6-4-12(3)5-7-13)18(24)20-9-8-15-21-14(10-27-15)19(25)26/h4-7,10-11,16H,8-9H2,1-3H3,(H,20,24)(H,22,23)(H,25,26). The molecular formula is C19H23N3O4S. The predicted octanol–water partition coefficient (Wildman–Crippen LogP) is 2.26. The molecule has 7 nitrogen and oxygen atoms in total. The first-order chi connectivity index (χ1) is 12.8. The van der Waals surface area contributed by atoms with Crippen LogP contribution in [-0.4, -0.2) is 40.5 Å². The zero-order valence-corrected chi connectivity index (χ0v) is 16.3. The molecule has 2 aromatic rings. The van der Waals surface area contributed by atoms with Crippen LogP contribution >= 0.6 is 11.3 Å². The van der Waals surface area contributed by atoms with Crippen molar-refractivity contribution in [2.75, 3.05) is 6.54 Å². The van der Waals surface area contributed by atoms with Crippen molar-refractivity contribution >= 4 is 29.1 Å². The van der Waals surface area contributed by atoms with Gasteiger partial charge in [-0.15, -0.1) is 11.3 Å². The monoisotopic (exact) mass is 389 g/mol. The molecule has 1 atom stereocenters. The second kappa shape index (κ2) is 9.27. The molecule has 1 heterocycles. The summed E-state index contributed by atoms with van der Waals surface area (Å²) in [6, 6.07) is 6.48. The van der Waals surface area contributed by atoms with Gasteiger partial charge in [-0.25, -0.2) is 9.78 Å². The van der Waals surface area contributed by atoms with Crippen LogP contribution in [0.2, 0.25) is 0 Å². The average Bonchev–Trinajstić information content (AvgIpc) is 3.09. The van der Waals surface area contributed by atoms with Crippen molar-refractivity contribution in [3.05, 3.63) is 51.5 Å². The Kier molecular flexibility index (Phi) is 7.06. The highest BCUT2D eigenvalue weighted by atomic mass is 32.1. The average molecular weight is 389 g/mol. The van der Waals surface area contributed by atoms with Crippen LogP contribution in [0.25, 0.3) is 0 Å². The molecule has 1 unspecified atom stereocenters. The summed E-state index contributed by atoms with van der Waals surface area (Å²) < 4.78 is 0. The molecule has 0 radical (unpaired) electrons. The molecule has 0 aliphatic rings. The highest BCUT2D eigenvalue weighted by Gasteiger charge is 2.24. The minimum atomic E-state index is -1.07. The van der Waals surface area contributed by atoms with Gasteiger partial charge in [0.15, 0.2) is 5.69 Å². The lowest BCUT2D eigenvalue weighted by molar-refractivity contribution is -0.123. The Balaban J connectivity index is 1.90. The maximum atomic E-state index is 12.5. The Labute approximate surface area is 161 Å². The van der Waals surface area contributed by atoms with E-state index in [0.717, 1.165) is 5.56 Å². The number of carbonyl (C=O) groups excluding carboxylic acids is 2. The van der Waals surface area contributed by atoms with Gasteiger partial charge in [0.25, 0.3) is 5.91 Å². The molecular weight excluding hydrogens is 366 g/mol. The van der Waals surface area contributed by atoms with Crippen molar-refractivity contribution in [2.45, 2.75) is 33.2 Å². The van der Waals surface area contributed by atoms with Crippen molar-refractivity contribution in [1.29, 1.82) is 0 Å². The lowest BCUT2D eigenvalue weighted by Crippen LogP contribution is -2.50. The van der Waals surface area contributed by atoms with E-state index in [0.29, 0.717) is 23.5 Å². The molecule has 2 rings (SSSR count). The van der Waals surface area contributed by atoms with E-state index >= 15 is 0 Å². The lowest BCUT2D eigenvalue weighted by atomic mass is 10.0. The maximum Gasteiger partial charge on any atom is 0.355 e. The van der Waals surface area contributed by atoms with Crippen LogP contribution in [0.1, 0.15) is 45.3 Å². The van der Waals surface area contributed by atoms with E-state index in [2.05, 4.69) is 15.6 Å². The molecule has 27 heavy (non-hydrogen) atoms. The number of aromatic carboxylic acids is 1. The van der Waals surface area contributed by atoms with E-state index in [1.54, 1.807) is 12.1 Å². The normalized spacial score (nSPS) is 11.9. The number of benzene rings is 1. The summed E-state index contributed by atoms with van der Waals surface area (Å²) in [5.74, 6) is -1.73. The van der Waals surface area contributed by atoms with Crippen molar-refractivity contribution in [3.8, 4) is 0 Å². The number of carboxylic acids is 1. The second-order valence-electron chi connectivity index (χ2n) is 6.53. The van der Waals surface area contributed by atoms with E-state index in [9.17, 15) is 14.4 Å². The van der Waals surface area contributed by atoms with Gasteiger partial charge >= 0.3 is 5.97 Å². The number of thiazole rings is 1. The van der Waals surface area contributed by atoms with Crippen LogP contribution in [0.15, 0.2) is 29.6 Å². The Morgan fingerprint density at radius 2 is 1.85 bits per heavy atom. The van der Waals surface area contributed by atoms with Gasteiger partial charge in [-0.1, -0.05) is 31.5 Å². The van der Waals surface area contributed by atoms with Crippen LogP contribution in [0, 0.1) is 12.8 Å². The van der Waals surface area contributed by atoms with Gasteiger partial charge in [0.05, 0.1) is 5.01 Å². The third-order valence-corrected chi connectivity index (χ3v) is 4.87. The lowest BCUT2D eigenvalue weighted by Gasteiger charge is -2.21. The van der Waals surface area contributed by atoms with Crippen LogP contribution in [-0.2, 0) is 11.2 Å². The first-order valence-corrected chi connectivity index (χ1v) is 9.49. The fraction of sp³-hybridized carbons (Fsp3) is 0.368. The SMILES string of the molecule is Cc1ccc(C(=O)NC(C(=O)NCCc2nc(C(=O)O)cs2)C(C)C)cc1. The minimum Gasteiger partial charge on any atom is -0.476 e. The third-order valence-electron chi connectivity index (χ3n) is 3.96. The van der Waals surface area contributed by atoms with E-state index in [1.165, 1.54) is 16.7 Å². The zero-order valence-electron chi connectivity index (χ0n) is 15.5. The van der Waals surface area contributed by atoms with Gasteiger partial charge in [-0.05, 0) is 25.0 Å². The minimum absolute atomic E-state index is 0.00625. The predicted molar refractivity (Wildman–Crippen MR) is 103 cm³/mol. The van der Waals surface area contributed by atoms with Gasteiger partial charge < -0.3 is 15.7 Å². The van der Waals surface area contributed by atoms with Gasteiger partial charge in [0, 0.05) is 23.9 Å². The molecule has 0 fully saturated rings. The molecule has 0 saturated heterocycles. The Hall–Kier alpha value is -2.74. The van der Waals surface area contributed by atoms with Crippen molar-refractivity contribution in [3.63, 3.8) is 0 Å². The van der Waals surface area contributed by atoms with Gasteiger partial charge in [0.2, 0.25) is 5.91 Å². The Morgan fingerprint density at radius 1 is 1.19 bits per heavy atom. The highest BCUT2D eigenvalue weighted by Crippen LogP contribution is 2.10. The highest BCUT2D eigenvalue weighted by molar-refractivity contribution is 7.09. The first kappa shape index (κ1) is 20.6. The van der Waals surface area contributed by atoms with E-state index in [4.69, 9.17) is 5.11 Å². The fourth-order valence-corrected chi connectivity index (χ4v) is 3.16. The Bertz CT molecular complexity index is 815. The van der Waals surface area contributed by atoms with Crippen molar-refractivity contribution in [1.82, 2.24) is 15.6 Å².